The fourth-order valence-electron chi connectivity index (χ4n) is 2.11. The van der Waals surface area contributed by atoms with Crippen molar-refractivity contribution in [3.05, 3.63) is 63.4 Å². The molecule has 3 rings (SSSR count). The van der Waals surface area contributed by atoms with E-state index >= 15 is 0 Å². The van der Waals surface area contributed by atoms with Crippen molar-refractivity contribution in [1.29, 1.82) is 0 Å². The number of benzene rings is 1. The third kappa shape index (κ3) is 5.60. The first-order valence-corrected chi connectivity index (χ1v) is 9.03. The van der Waals surface area contributed by atoms with E-state index in [4.69, 9.17) is 22.1 Å². The van der Waals surface area contributed by atoms with Crippen LogP contribution in [0.5, 0.6) is 11.6 Å². The van der Waals surface area contributed by atoms with Crippen molar-refractivity contribution < 1.29 is 9.66 Å². The van der Waals surface area contributed by atoms with E-state index in [0.717, 1.165) is 0 Å². The molecule has 3 aromatic rings. The van der Waals surface area contributed by atoms with Crippen molar-refractivity contribution in [2.24, 2.45) is 5.73 Å². The first-order chi connectivity index (χ1) is 13.1. The number of hydrogen-bond donors (Lipinski definition) is 1. The van der Waals surface area contributed by atoms with Gasteiger partial charge in [-0.2, -0.15) is 0 Å². The van der Waals surface area contributed by atoms with Gasteiger partial charge in [-0.15, -0.1) is 0 Å². The molecule has 8 heteroatoms. The van der Waals surface area contributed by atoms with Crippen molar-refractivity contribution in [1.82, 2.24) is 9.97 Å². The molecule has 7 nitrogen and oxygen atoms in total. The van der Waals surface area contributed by atoms with Crippen LogP contribution in [0, 0.1) is 10.1 Å². The highest BCUT2D eigenvalue weighted by atomic mass is 35.5. The fraction of sp³-hybridized carbons (Fsp3) is 0.263. The van der Waals surface area contributed by atoms with E-state index in [1.807, 2.05) is 27.7 Å². The number of hydrogen-bond acceptors (Lipinski definition) is 6. The van der Waals surface area contributed by atoms with Crippen LogP contribution in [0.1, 0.15) is 33.4 Å². The summed E-state index contributed by atoms with van der Waals surface area (Å²) >= 11 is 6.02. The minimum Gasteiger partial charge on any atom is -0.433 e. The molecule has 0 saturated heterocycles. The summed E-state index contributed by atoms with van der Waals surface area (Å²) in [6.07, 6.45) is 1.42. The van der Waals surface area contributed by atoms with E-state index in [2.05, 4.69) is 9.97 Å². The van der Waals surface area contributed by atoms with Crippen LogP contribution >= 0.6 is 11.6 Å². The predicted molar refractivity (Wildman–Crippen MR) is 108 cm³/mol. The first kappa shape index (κ1) is 22.3. The molecule has 0 radical (unpaired) electrons. The molecule has 0 aliphatic heterocycles. The third-order valence-corrected chi connectivity index (χ3v) is 3.38. The minimum absolute atomic E-state index is 0.104. The maximum Gasteiger partial charge on any atom is 0.331 e. The number of ether oxygens (including phenoxy) is 1. The molecule has 1 aromatic carbocycles. The number of rotatable bonds is 4. The molecule has 2 heterocycles. The highest BCUT2D eigenvalue weighted by Crippen LogP contribution is 2.34. The van der Waals surface area contributed by atoms with Gasteiger partial charge >= 0.3 is 5.69 Å². The lowest BCUT2D eigenvalue weighted by molar-refractivity contribution is -0.386. The fourth-order valence-corrected chi connectivity index (χ4v) is 2.28. The number of nitrogens with two attached hydrogens (primary N) is 1. The van der Waals surface area contributed by atoms with Crippen molar-refractivity contribution in [3.8, 4) is 11.6 Å². The maximum atomic E-state index is 11.1. The van der Waals surface area contributed by atoms with E-state index in [1.165, 1.54) is 18.3 Å². The molecular weight excluding hydrogens is 368 g/mol. The van der Waals surface area contributed by atoms with Crippen LogP contribution in [0.4, 0.5) is 5.69 Å². The average Bonchev–Trinajstić information content (AvgIpc) is 2.71. The van der Waals surface area contributed by atoms with Gasteiger partial charge in [-0.05, 0) is 24.3 Å². The van der Waals surface area contributed by atoms with Gasteiger partial charge in [0.1, 0.15) is 5.75 Å². The van der Waals surface area contributed by atoms with Gasteiger partial charge in [0.05, 0.1) is 16.1 Å². The SMILES string of the molecule is CC.CC.NCc1cc(Oc2ncccc2[N+](=O)[O-])c2cc(Cl)ccc2n1. The Balaban J connectivity index is 0.000000855. The topological polar surface area (TPSA) is 104 Å². The lowest BCUT2D eigenvalue weighted by Crippen LogP contribution is -2.02. The van der Waals surface area contributed by atoms with Crippen LogP contribution in [0.15, 0.2) is 42.6 Å². The Kier molecular flexibility index (Phi) is 9.12. The van der Waals surface area contributed by atoms with Crippen LogP contribution in [-0.2, 0) is 6.54 Å². The molecule has 0 aliphatic carbocycles. The summed E-state index contributed by atoms with van der Waals surface area (Å²) in [5, 5.41) is 12.2. The zero-order valence-electron chi connectivity index (χ0n) is 15.8. The Hall–Kier alpha value is -2.77. The molecule has 0 aliphatic rings. The van der Waals surface area contributed by atoms with Gasteiger partial charge in [0, 0.05) is 35.3 Å². The van der Waals surface area contributed by atoms with E-state index in [0.29, 0.717) is 27.4 Å². The van der Waals surface area contributed by atoms with Crippen LogP contribution in [0.3, 0.4) is 0 Å². The molecule has 2 aromatic heterocycles. The van der Waals surface area contributed by atoms with Gasteiger partial charge in [-0.1, -0.05) is 39.3 Å². The van der Waals surface area contributed by atoms with Gasteiger partial charge in [0.15, 0.2) is 0 Å². The minimum atomic E-state index is -0.553. The van der Waals surface area contributed by atoms with Crippen molar-refractivity contribution in [2.45, 2.75) is 34.2 Å². The molecule has 0 bridgehead atoms. The first-order valence-electron chi connectivity index (χ1n) is 8.65. The zero-order chi connectivity index (χ0) is 20.4. The number of nitrogens with zero attached hydrogens (tertiary/aromatic N) is 3. The Bertz CT molecular complexity index is 903. The van der Waals surface area contributed by atoms with Gasteiger partial charge in [-0.3, -0.25) is 15.1 Å². The van der Waals surface area contributed by atoms with E-state index < -0.39 is 4.92 Å². The summed E-state index contributed by atoms with van der Waals surface area (Å²) in [6, 6.07) is 9.52. The summed E-state index contributed by atoms with van der Waals surface area (Å²) in [7, 11) is 0. The Labute approximate surface area is 163 Å². The molecule has 0 spiro atoms. The Morgan fingerprint density at radius 1 is 1.19 bits per heavy atom. The van der Waals surface area contributed by atoms with Gasteiger partial charge in [0.2, 0.25) is 0 Å². The molecule has 144 valence electrons. The van der Waals surface area contributed by atoms with Crippen LogP contribution in [-0.4, -0.2) is 14.9 Å². The van der Waals surface area contributed by atoms with E-state index in [-0.39, 0.29) is 18.1 Å². The van der Waals surface area contributed by atoms with Crippen molar-refractivity contribution >= 4 is 28.2 Å². The van der Waals surface area contributed by atoms with Gasteiger partial charge < -0.3 is 10.5 Å². The number of pyridine rings is 2. The second-order valence-electron chi connectivity index (χ2n) is 4.66. The van der Waals surface area contributed by atoms with Crippen LogP contribution < -0.4 is 10.5 Å². The number of fused-ring (bicyclic) bond motifs is 1. The zero-order valence-corrected chi connectivity index (χ0v) is 16.5. The molecular formula is C19H23ClN4O3. The van der Waals surface area contributed by atoms with Crippen molar-refractivity contribution in [3.63, 3.8) is 0 Å². The average molecular weight is 391 g/mol. The van der Waals surface area contributed by atoms with Crippen LogP contribution in [0.2, 0.25) is 5.02 Å². The molecule has 2 N–H and O–H groups in total. The lowest BCUT2D eigenvalue weighted by atomic mass is 10.2. The molecule has 0 unspecified atom stereocenters. The number of halogens is 1. The van der Waals surface area contributed by atoms with E-state index in [9.17, 15) is 10.1 Å². The molecule has 0 saturated carbocycles. The second-order valence-corrected chi connectivity index (χ2v) is 5.10. The summed E-state index contributed by atoms with van der Waals surface area (Å²) in [6.45, 7) is 8.21. The van der Waals surface area contributed by atoms with Gasteiger partial charge in [-0.25, -0.2) is 4.98 Å². The second kappa shape index (κ2) is 11.1. The Morgan fingerprint density at radius 2 is 1.89 bits per heavy atom. The Morgan fingerprint density at radius 3 is 2.52 bits per heavy atom. The summed E-state index contributed by atoms with van der Waals surface area (Å²) in [4.78, 5) is 18.8. The highest BCUT2D eigenvalue weighted by molar-refractivity contribution is 6.31. The quantitative estimate of drug-likeness (QED) is 0.466. The number of nitro groups is 1. The maximum absolute atomic E-state index is 11.1. The predicted octanol–water partition coefficient (Wildman–Crippen LogP) is 5.49. The highest BCUT2D eigenvalue weighted by Gasteiger charge is 2.18. The van der Waals surface area contributed by atoms with Gasteiger partial charge in [0.25, 0.3) is 5.88 Å². The molecule has 0 atom stereocenters. The molecule has 0 fully saturated rings. The molecule has 0 amide bonds. The van der Waals surface area contributed by atoms with Crippen LogP contribution in [0.25, 0.3) is 10.9 Å². The third-order valence-electron chi connectivity index (χ3n) is 3.15. The monoisotopic (exact) mass is 390 g/mol. The molecule has 27 heavy (non-hydrogen) atoms. The summed E-state index contributed by atoms with van der Waals surface area (Å²) in [5.41, 5.74) is 6.64. The number of aromatic nitrogens is 2. The normalized spacial score (nSPS) is 9.56. The van der Waals surface area contributed by atoms with Crippen molar-refractivity contribution in [2.75, 3.05) is 0 Å². The summed E-state index contributed by atoms with van der Waals surface area (Å²) in [5.74, 6) is 0.257. The van der Waals surface area contributed by atoms with E-state index in [1.54, 1.807) is 24.3 Å². The standard InChI is InChI=1S/C15H11ClN4O3.2C2H6/c16-9-3-4-12-11(6-9)14(7-10(8-17)19-12)23-15-13(20(21)22)2-1-5-18-15;2*1-2/h1-7H,8,17H2;2*1-2H3. The largest absolute Gasteiger partial charge is 0.433 e. The smallest absolute Gasteiger partial charge is 0.331 e. The summed E-state index contributed by atoms with van der Waals surface area (Å²) < 4.78 is 5.67. The lowest BCUT2D eigenvalue weighted by Gasteiger charge is -2.10.